The van der Waals surface area contributed by atoms with Crippen LogP contribution in [-0.2, 0) is 0 Å². The largest absolute Gasteiger partial charge is 0.497 e. The van der Waals surface area contributed by atoms with Crippen molar-refractivity contribution in [2.75, 3.05) is 20.0 Å². The number of rotatable bonds is 3. The van der Waals surface area contributed by atoms with Gasteiger partial charge in [-0.1, -0.05) is 0 Å². The molecule has 0 unspecified atom stereocenters. The Kier molecular flexibility index (Phi) is 4.58. The molecule has 1 aromatic heterocycles. The lowest BCUT2D eigenvalue weighted by atomic mass is 9.95. The third kappa shape index (κ3) is 2.78. The van der Waals surface area contributed by atoms with E-state index in [1.807, 2.05) is 32.1 Å². The minimum absolute atomic E-state index is 0.262. The van der Waals surface area contributed by atoms with Gasteiger partial charge in [-0.3, -0.25) is 5.73 Å². The fraction of sp³-hybridized carbons (Fsp3) is 0.190. The summed E-state index contributed by atoms with van der Waals surface area (Å²) in [6.07, 6.45) is 1.95. The summed E-state index contributed by atoms with van der Waals surface area (Å²) in [4.78, 5) is 3.02. The second-order valence-electron chi connectivity index (χ2n) is 6.18. The van der Waals surface area contributed by atoms with Crippen molar-refractivity contribution in [3.63, 3.8) is 0 Å². The molecule has 0 atom stereocenters. The molecule has 0 spiro atoms. The Morgan fingerprint density at radius 1 is 1.11 bits per heavy atom. The first-order valence-corrected chi connectivity index (χ1v) is 8.28. The van der Waals surface area contributed by atoms with E-state index in [0.717, 1.165) is 27.8 Å². The zero-order chi connectivity index (χ0) is 19.7. The average Bonchev–Trinajstić information content (AvgIpc) is 2.93. The van der Waals surface area contributed by atoms with Crippen LogP contribution < -0.4 is 20.2 Å². The standard InChI is InChI=1S/C21H18N4O2/c1-11-15(7-13-5-6-14(26-3)8-18(13)27-4)19-12(2)17(10-23)21(24)25-20(19)16(11)9-22/h5-8H,1-4H3,(H2,24,25)/p+1/b15-7+. The van der Waals surface area contributed by atoms with E-state index in [1.165, 1.54) is 0 Å². The van der Waals surface area contributed by atoms with E-state index in [4.69, 9.17) is 15.2 Å². The summed E-state index contributed by atoms with van der Waals surface area (Å²) in [5.41, 5.74) is 11.6. The van der Waals surface area contributed by atoms with Crippen LogP contribution in [0.3, 0.4) is 0 Å². The molecule has 0 amide bonds. The average molecular weight is 359 g/mol. The lowest BCUT2D eigenvalue weighted by molar-refractivity contribution is -0.364. The van der Waals surface area contributed by atoms with Crippen molar-refractivity contribution in [1.29, 1.82) is 10.5 Å². The van der Waals surface area contributed by atoms with E-state index in [9.17, 15) is 10.5 Å². The molecule has 1 aliphatic rings. The summed E-state index contributed by atoms with van der Waals surface area (Å²) in [5.74, 6) is 1.60. The van der Waals surface area contributed by atoms with Gasteiger partial charge in [-0.15, -0.1) is 0 Å². The number of nitrogens with one attached hydrogen (secondary N) is 1. The van der Waals surface area contributed by atoms with Crippen LogP contribution in [0.4, 0.5) is 5.82 Å². The normalized spacial score (nSPS) is 13.9. The van der Waals surface area contributed by atoms with Gasteiger partial charge in [0.15, 0.2) is 5.69 Å². The number of hydrogen-bond acceptors (Lipinski definition) is 5. The van der Waals surface area contributed by atoms with E-state index in [2.05, 4.69) is 17.1 Å². The predicted molar refractivity (Wildman–Crippen MR) is 102 cm³/mol. The van der Waals surface area contributed by atoms with Gasteiger partial charge in [0.05, 0.1) is 14.2 Å². The smallest absolute Gasteiger partial charge is 0.289 e. The second kappa shape index (κ2) is 6.86. The molecule has 0 saturated carbocycles. The van der Waals surface area contributed by atoms with Crippen LogP contribution in [-0.4, -0.2) is 14.2 Å². The number of nitrogens with zero attached hydrogens (tertiary/aromatic N) is 2. The molecule has 3 rings (SSSR count). The van der Waals surface area contributed by atoms with Gasteiger partial charge in [0.2, 0.25) is 0 Å². The minimum Gasteiger partial charge on any atom is -0.497 e. The number of aromatic nitrogens is 1. The van der Waals surface area contributed by atoms with Gasteiger partial charge in [-0.25, -0.2) is 4.98 Å². The Morgan fingerprint density at radius 2 is 1.85 bits per heavy atom. The number of H-pyrrole nitrogens is 1. The van der Waals surface area contributed by atoms with Crippen molar-refractivity contribution in [3.05, 3.63) is 51.7 Å². The number of ether oxygens (including phenoxy) is 2. The van der Waals surface area contributed by atoms with Crippen LogP contribution in [0.15, 0.2) is 23.8 Å². The number of aromatic amines is 1. The van der Waals surface area contributed by atoms with Crippen molar-refractivity contribution in [2.45, 2.75) is 13.8 Å². The molecule has 0 bridgehead atoms. The molecule has 0 aliphatic heterocycles. The molecular weight excluding hydrogens is 340 g/mol. The van der Waals surface area contributed by atoms with Crippen LogP contribution >= 0.6 is 0 Å². The SMILES string of the molecule is COc1ccc(/C=C2\C(C)=C(C#N)c3[nH+]c(N)c(C#N)c(C)c32)c(OC)c1. The maximum Gasteiger partial charge on any atom is 0.289 e. The van der Waals surface area contributed by atoms with E-state index in [1.54, 1.807) is 20.3 Å². The molecule has 2 aromatic rings. The summed E-state index contributed by atoms with van der Waals surface area (Å²) in [6.45, 7) is 3.73. The second-order valence-corrected chi connectivity index (χ2v) is 6.18. The number of hydrogen-bond donors (Lipinski definition) is 1. The third-order valence-electron chi connectivity index (χ3n) is 4.79. The number of nitrogens with two attached hydrogens (primary N) is 1. The van der Waals surface area contributed by atoms with Gasteiger partial charge >= 0.3 is 0 Å². The molecule has 27 heavy (non-hydrogen) atoms. The molecular formula is C21H19N4O2+. The molecule has 1 aromatic carbocycles. The molecule has 0 saturated heterocycles. The highest BCUT2D eigenvalue weighted by molar-refractivity contribution is 6.08. The Hall–Kier alpha value is -3.77. The van der Waals surface area contributed by atoms with Crippen LogP contribution in [0, 0.1) is 29.6 Å². The van der Waals surface area contributed by atoms with Crippen LogP contribution in [0.25, 0.3) is 17.2 Å². The van der Waals surface area contributed by atoms with E-state index >= 15 is 0 Å². The zero-order valence-electron chi connectivity index (χ0n) is 15.6. The number of nitrogen functional groups attached to an aromatic ring is 1. The van der Waals surface area contributed by atoms with Gasteiger partial charge < -0.3 is 9.47 Å². The molecule has 1 heterocycles. The first-order chi connectivity index (χ1) is 13.0. The predicted octanol–water partition coefficient (Wildman–Crippen LogP) is 3.13. The van der Waals surface area contributed by atoms with E-state index in [0.29, 0.717) is 28.3 Å². The Bertz CT molecular complexity index is 1100. The van der Waals surface area contributed by atoms with Gasteiger partial charge in [0, 0.05) is 17.2 Å². The minimum atomic E-state index is 0.262. The number of nitriles is 2. The molecule has 0 radical (unpaired) electrons. The van der Waals surface area contributed by atoms with E-state index < -0.39 is 0 Å². The fourth-order valence-electron chi connectivity index (χ4n) is 3.37. The lowest BCUT2D eigenvalue weighted by Gasteiger charge is -2.11. The first-order valence-electron chi connectivity index (χ1n) is 8.28. The summed E-state index contributed by atoms with van der Waals surface area (Å²) >= 11 is 0. The van der Waals surface area contributed by atoms with Gasteiger partial charge in [-0.05, 0) is 48.8 Å². The van der Waals surface area contributed by atoms with Gasteiger partial charge in [0.1, 0.15) is 34.8 Å². The number of methoxy groups -OCH3 is 2. The van der Waals surface area contributed by atoms with Gasteiger partial charge in [-0.2, -0.15) is 10.5 Å². The van der Waals surface area contributed by atoms with Crippen molar-refractivity contribution < 1.29 is 14.5 Å². The number of pyridine rings is 1. The van der Waals surface area contributed by atoms with Crippen LogP contribution in [0.5, 0.6) is 11.5 Å². The maximum absolute atomic E-state index is 9.64. The van der Waals surface area contributed by atoms with Crippen molar-refractivity contribution >= 4 is 23.0 Å². The van der Waals surface area contributed by atoms with Crippen LogP contribution in [0.2, 0.25) is 0 Å². The Morgan fingerprint density at radius 3 is 2.44 bits per heavy atom. The topological polar surface area (TPSA) is 106 Å². The highest BCUT2D eigenvalue weighted by Crippen LogP contribution is 2.43. The monoisotopic (exact) mass is 359 g/mol. The number of allylic oxidation sites excluding steroid dienone is 3. The molecule has 6 heteroatoms. The molecule has 134 valence electrons. The van der Waals surface area contributed by atoms with E-state index in [-0.39, 0.29) is 5.82 Å². The summed E-state index contributed by atoms with van der Waals surface area (Å²) in [5, 5.41) is 19.1. The highest BCUT2D eigenvalue weighted by Gasteiger charge is 2.32. The Labute approximate surface area is 157 Å². The van der Waals surface area contributed by atoms with Crippen LogP contribution in [0.1, 0.15) is 34.9 Å². The summed E-state index contributed by atoms with van der Waals surface area (Å²) in [7, 11) is 3.19. The molecule has 6 nitrogen and oxygen atoms in total. The summed E-state index contributed by atoms with van der Waals surface area (Å²) in [6, 6.07) is 9.92. The lowest BCUT2D eigenvalue weighted by Crippen LogP contribution is -2.20. The number of fused-ring (bicyclic) bond motifs is 1. The van der Waals surface area contributed by atoms with Crippen molar-refractivity contribution in [2.24, 2.45) is 0 Å². The first kappa shape index (κ1) is 18.0. The van der Waals surface area contributed by atoms with Crippen molar-refractivity contribution in [1.82, 2.24) is 0 Å². The molecule has 0 fully saturated rings. The molecule has 3 N–H and O–H groups in total. The third-order valence-corrected chi connectivity index (χ3v) is 4.79. The fourth-order valence-corrected chi connectivity index (χ4v) is 3.37. The maximum atomic E-state index is 9.64. The quantitative estimate of drug-likeness (QED) is 0.906. The van der Waals surface area contributed by atoms with Crippen molar-refractivity contribution in [3.8, 4) is 23.6 Å². The number of benzene rings is 1. The number of anilines is 1. The Balaban J connectivity index is 2.31. The summed E-state index contributed by atoms with van der Waals surface area (Å²) < 4.78 is 10.7. The highest BCUT2D eigenvalue weighted by atomic mass is 16.5. The van der Waals surface area contributed by atoms with Gasteiger partial charge in [0.25, 0.3) is 5.82 Å². The molecule has 1 aliphatic carbocycles. The zero-order valence-corrected chi connectivity index (χ0v) is 15.6.